The second kappa shape index (κ2) is 8.92. The van der Waals surface area contributed by atoms with Crippen molar-refractivity contribution in [2.24, 2.45) is 11.7 Å². The van der Waals surface area contributed by atoms with Gasteiger partial charge in [-0.1, -0.05) is 18.2 Å². The summed E-state index contributed by atoms with van der Waals surface area (Å²) in [6.07, 6.45) is 1.00. The van der Waals surface area contributed by atoms with Crippen LogP contribution >= 0.6 is 11.6 Å². The predicted octanol–water partition coefficient (Wildman–Crippen LogP) is 2.98. The van der Waals surface area contributed by atoms with E-state index >= 15 is 0 Å². The second-order valence-corrected chi connectivity index (χ2v) is 8.16. The van der Waals surface area contributed by atoms with Gasteiger partial charge >= 0.3 is 5.63 Å². The molecular weight excluding hydrogens is 408 g/mol. The van der Waals surface area contributed by atoms with Crippen LogP contribution < -0.4 is 16.1 Å². The fourth-order valence-corrected chi connectivity index (χ4v) is 3.80. The Bertz CT molecular complexity index is 1070. The molecule has 0 radical (unpaired) electrons. The quantitative estimate of drug-likeness (QED) is 0.558. The van der Waals surface area contributed by atoms with Crippen LogP contribution in [0.2, 0.25) is 5.02 Å². The van der Waals surface area contributed by atoms with Crippen LogP contribution in [0.4, 0.5) is 0 Å². The number of hydrogen-bond acceptors (Lipinski definition) is 5. The molecule has 2 amide bonds. The van der Waals surface area contributed by atoms with Gasteiger partial charge in [0.25, 0.3) is 0 Å². The van der Waals surface area contributed by atoms with E-state index in [9.17, 15) is 14.4 Å². The van der Waals surface area contributed by atoms with E-state index in [0.29, 0.717) is 65.4 Å². The van der Waals surface area contributed by atoms with Gasteiger partial charge in [-0.15, -0.1) is 0 Å². The molecule has 8 heteroatoms. The Balaban J connectivity index is 1.83. The summed E-state index contributed by atoms with van der Waals surface area (Å²) in [5, 5.41) is 1.03. The lowest BCUT2D eigenvalue weighted by molar-refractivity contribution is -0.134. The molecule has 0 unspecified atom stereocenters. The van der Waals surface area contributed by atoms with Gasteiger partial charge in [-0.3, -0.25) is 9.59 Å². The number of rotatable bonds is 6. The molecule has 0 saturated carbocycles. The standard InChI is InChI=1S/C22H25ClN2O5/c1-12(2)11-29-19-10-18-15(8-17(19)23)13(3)16(22(28)30-18)9-20(26)25-6-4-14(5-7-25)21(24)27/h8,10,14H,1,4-7,9,11H2,2-3H3,(H2,24,27). The molecule has 1 aromatic carbocycles. The number of ether oxygens (including phenoxy) is 1. The molecule has 0 bridgehead atoms. The Morgan fingerprint density at radius 1 is 1.33 bits per heavy atom. The maximum absolute atomic E-state index is 12.7. The van der Waals surface area contributed by atoms with E-state index in [2.05, 4.69) is 6.58 Å². The lowest BCUT2D eigenvalue weighted by atomic mass is 9.95. The third-order valence-corrected chi connectivity index (χ3v) is 5.69. The highest BCUT2D eigenvalue weighted by atomic mass is 35.5. The molecule has 2 aromatic rings. The molecule has 1 aliphatic heterocycles. The van der Waals surface area contributed by atoms with E-state index in [1.165, 1.54) is 0 Å². The highest BCUT2D eigenvalue weighted by molar-refractivity contribution is 6.32. The Morgan fingerprint density at radius 3 is 2.60 bits per heavy atom. The molecule has 1 aliphatic rings. The topological polar surface area (TPSA) is 103 Å². The summed E-state index contributed by atoms with van der Waals surface area (Å²) in [5.41, 5.74) is 6.91. The normalized spacial score (nSPS) is 14.7. The summed E-state index contributed by atoms with van der Waals surface area (Å²) in [6, 6.07) is 3.25. The number of halogens is 1. The largest absolute Gasteiger partial charge is 0.488 e. The number of carbonyl (C=O) groups excluding carboxylic acids is 2. The van der Waals surface area contributed by atoms with Crippen molar-refractivity contribution in [3.05, 3.63) is 50.9 Å². The fourth-order valence-electron chi connectivity index (χ4n) is 3.58. The first-order valence-corrected chi connectivity index (χ1v) is 10.1. The van der Waals surface area contributed by atoms with Gasteiger partial charge in [0, 0.05) is 30.5 Å². The molecule has 1 fully saturated rings. The van der Waals surface area contributed by atoms with Gasteiger partial charge in [0.15, 0.2) is 0 Å². The van der Waals surface area contributed by atoms with Crippen LogP contribution in [0.1, 0.15) is 30.9 Å². The number of fused-ring (bicyclic) bond motifs is 1. The van der Waals surface area contributed by atoms with Crippen molar-refractivity contribution in [1.82, 2.24) is 4.90 Å². The van der Waals surface area contributed by atoms with Gasteiger partial charge in [0.05, 0.1) is 17.0 Å². The van der Waals surface area contributed by atoms with Crippen molar-refractivity contribution in [3.63, 3.8) is 0 Å². The average Bonchev–Trinajstić information content (AvgIpc) is 2.70. The molecule has 0 aliphatic carbocycles. The number of benzene rings is 1. The minimum absolute atomic E-state index is 0.0725. The van der Waals surface area contributed by atoms with Crippen molar-refractivity contribution in [3.8, 4) is 5.75 Å². The Labute approximate surface area is 179 Å². The first-order valence-electron chi connectivity index (χ1n) is 9.77. The number of nitrogens with two attached hydrogens (primary N) is 1. The van der Waals surface area contributed by atoms with E-state index < -0.39 is 5.63 Å². The van der Waals surface area contributed by atoms with Crippen LogP contribution in [0.3, 0.4) is 0 Å². The van der Waals surface area contributed by atoms with Crippen LogP contribution in [-0.2, 0) is 16.0 Å². The zero-order valence-corrected chi connectivity index (χ0v) is 17.9. The summed E-state index contributed by atoms with van der Waals surface area (Å²) >= 11 is 6.33. The number of aryl methyl sites for hydroxylation is 1. The zero-order chi connectivity index (χ0) is 22.0. The summed E-state index contributed by atoms with van der Waals surface area (Å²) in [6.45, 7) is 8.57. The summed E-state index contributed by atoms with van der Waals surface area (Å²) in [5.74, 6) is -0.322. The first-order chi connectivity index (χ1) is 14.2. The van der Waals surface area contributed by atoms with Gasteiger partial charge in [0.1, 0.15) is 17.9 Å². The molecule has 30 heavy (non-hydrogen) atoms. The predicted molar refractivity (Wildman–Crippen MR) is 115 cm³/mol. The lowest BCUT2D eigenvalue weighted by Crippen LogP contribution is -2.42. The van der Waals surface area contributed by atoms with Crippen LogP contribution in [0.5, 0.6) is 5.75 Å². The van der Waals surface area contributed by atoms with Crippen molar-refractivity contribution >= 4 is 34.4 Å². The highest BCUT2D eigenvalue weighted by Crippen LogP contribution is 2.32. The van der Waals surface area contributed by atoms with Crippen LogP contribution in [0, 0.1) is 12.8 Å². The van der Waals surface area contributed by atoms with E-state index in [1.807, 2.05) is 6.92 Å². The number of primary amides is 1. The summed E-state index contributed by atoms with van der Waals surface area (Å²) in [4.78, 5) is 38.3. The fraction of sp³-hybridized carbons (Fsp3) is 0.409. The van der Waals surface area contributed by atoms with Gasteiger partial charge in [-0.2, -0.15) is 0 Å². The maximum Gasteiger partial charge on any atom is 0.340 e. The number of likely N-dealkylation sites (tertiary alicyclic amines) is 1. The van der Waals surface area contributed by atoms with E-state index in [4.69, 9.17) is 26.5 Å². The van der Waals surface area contributed by atoms with Crippen molar-refractivity contribution in [1.29, 1.82) is 0 Å². The molecule has 1 saturated heterocycles. The SMILES string of the molecule is C=C(C)COc1cc2oc(=O)c(CC(=O)N3CCC(C(N)=O)CC3)c(C)c2cc1Cl. The van der Waals surface area contributed by atoms with Gasteiger partial charge < -0.3 is 19.8 Å². The van der Waals surface area contributed by atoms with Gasteiger partial charge in [-0.25, -0.2) is 4.79 Å². The minimum Gasteiger partial charge on any atom is -0.488 e. The van der Waals surface area contributed by atoms with Crippen molar-refractivity contribution < 1.29 is 18.7 Å². The molecule has 3 rings (SSSR count). The minimum atomic E-state index is -0.562. The third kappa shape index (κ3) is 4.67. The Hall–Kier alpha value is -2.80. The smallest absolute Gasteiger partial charge is 0.340 e. The molecular formula is C22H25ClN2O5. The number of piperidine rings is 1. The monoisotopic (exact) mass is 432 g/mol. The molecule has 7 nitrogen and oxygen atoms in total. The van der Waals surface area contributed by atoms with Crippen LogP contribution in [0.15, 0.2) is 33.5 Å². The molecule has 2 N–H and O–H groups in total. The van der Waals surface area contributed by atoms with Gasteiger partial charge in [0.2, 0.25) is 11.8 Å². The molecule has 0 atom stereocenters. The lowest BCUT2D eigenvalue weighted by Gasteiger charge is -2.30. The van der Waals surface area contributed by atoms with E-state index in [0.717, 1.165) is 5.57 Å². The molecule has 0 spiro atoms. The van der Waals surface area contributed by atoms with E-state index in [1.54, 1.807) is 24.0 Å². The molecule has 2 heterocycles. The molecule has 1 aromatic heterocycles. The first kappa shape index (κ1) is 21.9. The van der Waals surface area contributed by atoms with Crippen LogP contribution in [0.25, 0.3) is 11.0 Å². The zero-order valence-electron chi connectivity index (χ0n) is 17.1. The Kier molecular flexibility index (Phi) is 6.51. The summed E-state index contributed by atoms with van der Waals surface area (Å²) in [7, 11) is 0. The van der Waals surface area contributed by atoms with Crippen molar-refractivity contribution in [2.45, 2.75) is 33.1 Å². The maximum atomic E-state index is 12.7. The van der Waals surface area contributed by atoms with Gasteiger partial charge in [-0.05, 0) is 43.9 Å². The van der Waals surface area contributed by atoms with Crippen LogP contribution in [-0.4, -0.2) is 36.4 Å². The number of carbonyl (C=O) groups is 2. The second-order valence-electron chi connectivity index (χ2n) is 7.75. The summed E-state index contributed by atoms with van der Waals surface area (Å²) < 4.78 is 11.1. The average molecular weight is 433 g/mol. The number of hydrogen-bond donors (Lipinski definition) is 1. The Morgan fingerprint density at radius 2 is 2.00 bits per heavy atom. The van der Waals surface area contributed by atoms with Crippen molar-refractivity contribution in [2.75, 3.05) is 19.7 Å². The highest BCUT2D eigenvalue weighted by Gasteiger charge is 2.27. The number of nitrogens with zero attached hydrogens (tertiary/aromatic N) is 1. The van der Waals surface area contributed by atoms with E-state index in [-0.39, 0.29) is 24.2 Å². The molecule has 160 valence electrons. The number of amides is 2. The third-order valence-electron chi connectivity index (χ3n) is 5.39.